The topological polar surface area (TPSA) is 50.9 Å². The van der Waals surface area contributed by atoms with Crippen LogP contribution in [0.2, 0.25) is 0 Å². The Morgan fingerprint density at radius 1 is 1.46 bits per heavy atom. The summed E-state index contributed by atoms with van der Waals surface area (Å²) in [4.78, 5) is 3.98. The van der Waals surface area contributed by atoms with Crippen LogP contribution < -0.4 is 11.1 Å². The van der Waals surface area contributed by atoms with Crippen LogP contribution >= 0.6 is 0 Å². The van der Waals surface area contributed by atoms with Gasteiger partial charge < -0.3 is 11.1 Å². The molecule has 0 fully saturated rings. The fourth-order valence-electron chi connectivity index (χ4n) is 1.23. The van der Waals surface area contributed by atoms with Crippen LogP contribution in [0, 0.1) is 0 Å². The van der Waals surface area contributed by atoms with Crippen LogP contribution in [0.1, 0.15) is 18.4 Å². The number of hydrogen-bond acceptors (Lipinski definition) is 3. The Hall–Kier alpha value is -0.930. The molecule has 1 unspecified atom stereocenters. The lowest BCUT2D eigenvalue weighted by molar-refractivity contribution is 0.619. The van der Waals surface area contributed by atoms with Gasteiger partial charge in [-0.25, -0.2) is 0 Å². The predicted octanol–water partition coefficient (Wildman–Crippen LogP) is 0.733. The molecule has 0 aliphatic heterocycles. The number of hydrogen-bond donors (Lipinski definition) is 2. The fraction of sp³-hybridized carbons (Fsp3) is 0.500. The Morgan fingerprint density at radius 2 is 2.15 bits per heavy atom. The molecule has 0 saturated carbocycles. The van der Waals surface area contributed by atoms with Crippen molar-refractivity contribution in [3.8, 4) is 0 Å². The molecule has 1 heterocycles. The van der Waals surface area contributed by atoms with Gasteiger partial charge in [0, 0.05) is 32.0 Å². The maximum absolute atomic E-state index is 5.38. The molecule has 0 aromatic carbocycles. The molecule has 0 radical (unpaired) electrons. The lowest BCUT2D eigenvalue weighted by Gasteiger charge is -2.11. The average molecular weight is 179 g/mol. The average Bonchev–Trinajstić information content (AvgIpc) is 2.19. The van der Waals surface area contributed by atoms with Crippen LogP contribution in [0.4, 0.5) is 0 Å². The predicted molar refractivity (Wildman–Crippen MR) is 54.6 cm³/mol. The van der Waals surface area contributed by atoms with Gasteiger partial charge in [-0.05, 0) is 23.6 Å². The molecule has 72 valence electrons. The number of rotatable bonds is 5. The Kier molecular flexibility index (Phi) is 4.43. The van der Waals surface area contributed by atoms with Crippen molar-refractivity contribution in [3.63, 3.8) is 0 Å². The van der Waals surface area contributed by atoms with Crippen LogP contribution in [-0.4, -0.2) is 24.6 Å². The van der Waals surface area contributed by atoms with Crippen molar-refractivity contribution >= 4 is 0 Å². The van der Waals surface area contributed by atoms with Crippen LogP contribution in [-0.2, 0) is 0 Å². The van der Waals surface area contributed by atoms with Gasteiger partial charge in [0.25, 0.3) is 0 Å². The molecule has 1 aromatic heterocycles. The molecule has 0 aliphatic carbocycles. The van der Waals surface area contributed by atoms with Gasteiger partial charge in [0.1, 0.15) is 0 Å². The zero-order valence-electron chi connectivity index (χ0n) is 8.03. The molecule has 1 aromatic rings. The summed E-state index contributed by atoms with van der Waals surface area (Å²) in [5.74, 6) is 0.523. The van der Waals surface area contributed by atoms with E-state index < -0.39 is 0 Å². The van der Waals surface area contributed by atoms with Crippen molar-refractivity contribution < 1.29 is 0 Å². The van der Waals surface area contributed by atoms with Gasteiger partial charge >= 0.3 is 0 Å². The third kappa shape index (κ3) is 3.53. The zero-order valence-corrected chi connectivity index (χ0v) is 8.03. The lowest BCUT2D eigenvalue weighted by atomic mass is 10.0. The van der Waals surface area contributed by atoms with Gasteiger partial charge in [0.2, 0.25) is 0 Å². The van der Waals surface area contributed by atoms with E-state index in [4.69, 9.17) is 5.73 Å². The molecule has 1 rings (SSSR count). The Labute approximate surface area is 79.4 Å². The minimum atomic E-state index is 0.523. The monoisotopic (exact) mass is 179 g/mol. The van der Waals surface area contributed by atoms with E-state index in [-0.39, 0.29) is 0 Å². The molecule has 0 saturated heterocycles. The summed E-state index contributed by atoms with van der Waals surface area (Å²) in [5, 5.41) is 3.29. The standard InChI is InChI=1S/C10H17N3/c1-9(8-13-7-4-11)10-2-5-12-6-3-10/h2-3,5-6,9,13H,4,7-8,11H2,1H3. The molecular weight excluding hydrogens is 162 g/mol. The van der Waals surface area contributed by atoms with E-state index >= 15 is 0 Å². The van der Waals surface area contributed by atoms with Gasteiger partial charge in [0.15, 0.2) is 0 Å². The highest BCUT2D eigenvalue weighted by atomic mass is 14.9. The number of nitrogens with one attached hydrogen (secondary N) is 1. The molecule has 0 spiro atoms. The third-order valence-corrected chi connectivity index (χ3v) is 2.05. The van der Waals surface area contributed by atoms with Gasteiger partial charge in [-0.2, -0.15) is 0 Å². The first kappa shape index (κ1) is 10.2. The van der Waals surface area contributed by atoms with Crippen LogP contribution in [0.25, 0.3) is 0 Å². The highest BCUT2D eigenvalue weighted by Crippen LogP contribution is 2.11. The van der Waals surface area contributed by atoms with Crippen molar-refractivity contribution in [2.24, 2.45) is 5.73 Å². The summed E-state index contributed by atoms with van der Waals surface area (Å²) in [6.45, 7) is 4.75. The van der Waals surface area contributed by atoms with E-state index in [0.29, 0.717) is 12.5 Å². The Balaban J connectivity index is 2.35. The summed E-state index contributed by atoms with van der Waals surface area (Å²) < 4.78 is 0. The maximum atomic E-state index is 5.38. The number of pyridine rings is 1. The highest BCUT2D eigenvalue weighted by Gasteiger charge is 2.02. The highest BCUT2D eigenvalue weighted by molar-refractivity contribution is 5.14. The van der Waals surface area contributed by atoms with E-state index in [1.807, 2.05) is 12.4 Å². The number of nitrogens with zero attached hydrogens (tertiary/aromatic N) is 1. The minimum absolute atomic E-state index is 0.523. The molecule has 13 heavy (non-hydrogen) atoms. The lowest BCUT2D eigenvalue weighted by Crippen LogP contribution is -2.26. The molecule has 0 bridgehead atoms. The van der Waals surface area contributed by atoms with Crippen molar-refractivity contribution in [1.29, 1.82) is 0 Å². The SMILES string of the molecule is CC(CNCCN)c1ccncc1. The number of aromatic nitrogens is 1. The van der Waals surface area contributed by atoms with Crippen LogP contribution in [0.5, 0.6) is 0 Å². The minimum Gasteiger partial charge on any atom is -0.329 e. The first-order valence-electron chi connectivity index (χ1n) is 4.65. The zero-order chi connectivity index (χ0) is 9.52. The fourth-order valence-corrected chi connectivity index (χ4v) is 1.23. The molecule has 0 amide bonds. The molecule has 3 nitrogen and oxygen atoms in total. The quantitative estimate of drug-likeness (QED) is 0.655. The van der Waals surface area contributed by atoms with E-state index in [1.54, 1.807) is 0 Å². The van der Waals surface area contributed by atoms with E-state index in [2.05, 4.69) is 29.4 Å². The molecule has 3 heteroatoms. The number of nitrogens with two attached hydrogens (primary N) is 1. The first-order chi connectivity index (χ1) is 6.34. The van der Waals surface area contributed by atoms with Gasteiger partial charge in [-0.15, -0.1) is 0 Å². The van der Waals surface area contributed by atoms with Gasteiger partial charge in [0.05, 0.1) is 0 Å². The van der Waals surface area contributed by atoms with Gasteiger partial charge in [-0.3, -0.25) is 4.98 Å². The van der Waals surface area contributed by atoms with E-state index in [9.17, 15) is 0 Å². The van der Waals surface area contributed by atoms with Crippen molar-refractivity contribution in [1.82, 2.24) is 10.3 Å². The normalized spacial score (nSPS) is 12.8. The van der Waals surface area contributed by atoms with Crippen LogP contribution in [0.3, 0.4) is 0 Å². The Bertz CT molecular complexity index is 223. The molecule has 3 N–H and O–H groups in total. The van der Waals surface area contributed by atoms with Crippen molar-refractivity contribution in [3.05, 3.63) is 30.1 Å². The van der Waals surface area contributed by atoms with Crippen LogP contribution in [0.15, 0.2) is 24.5 Å². The second kappa shape index (κ2) is 5.67. The van der Waals surface area contributed by atoms with Gasteiger partial charge in [-0.1, -0.05) is 6.92 Å². The third-order valence-electron chi connectivity index (χ3n) is 2.05. The molecule has 1 atom stereocenters. The summed E-state index contributed by atoms with van der Waals surface area (Å²) in [7, 11) is 0. The molecule has 0 aliphatic rings. The smallest absolute Gasteiger partial charge is 0.0270 e. The van der Waals surface area contributed by atoms with E-state index in [1.165, 1.54) is 5.56 Å². The van der Waals surface area contributed by atoms with Crippen molar-refractivity contribution in [2.45, 2.75) is 12.8 Å². The summed E-state index contributed by atoms with van der Waals surface area (Å²) in [6, 6.07) is 4.10. The summed E-state index contributed by atoms with van der Waals surface area (Å²) in [5.41, 5.74) is 6.70. The Morgan fingerprint density at radius 3 is 2.77 bits per heavy atom. The second-order valence-corrected chi connectivity index (χ2v) is 3.17. The van der Waals surface area contributed by atoms with Crippen molar-refractivity contribution in [2.75, 3.05) is 19.6 Å². The largest absolute Gasteiger partial charge is 0.329 e. The second-order valence-electron chi connectivity index (χ2n) is 3.17. The molecular formula is C10H17N3. The van der Waals surface area contributed by atoms with E-state index in [0.717, 1.165) is 13.1 Å². The maximum Gasteiger partial charge on any atom is 0.0270 e. The summed E-state index contributed by atoms with van der Waals surface area (Å²) in [6.07, 6.45) is 3.66. The summed E-state index contributed by atoms with van der Waals surface area (Å²) >= 11 is 0. The first-order valence-corrected chi connectivity index (χ1v) is 4.65.